The molecule has 3 heteroatoms. The van der Waals surface area contributed by atoms with E-state index in [1.54, 1.807) is 0 Å². The van der Waals surface area contributed by atoms with Crippen LogP contribution in [0.4, 0.5) is 0 Å². The van der Waals surface area contributed by atoms with Crippen molar-refractivity contribution in [3.05, 3.63) is 28.8 Å². The fraction of sp³-hybridized carbons (Fsp3) is 0.571. The predicted molar refractivity (Wildman–Crippen MR) is 66.4 cm³/mol. The molecule has 3 nitrogen and oxygen atoms in total. The van der Waals surface area contributed by atoms with E-state index in [-0.39, 0.29) is 6.61 Å². The van der Waals surface area contributed by atoms with E-state index in [2.05, 4.69) is 19.1 Å². The molecule has 0 saturated carbocycles. The summed E-state index contributed by atoms with van der Waals surface area (Å²) < 4.78 is 11.2. The minimum atomic E-state index is 0.191. The Morgan fingerprint density at radius 2 is 2.29 bits per heavy atom. The van der Waals surface area contributed by atoms with E-state index in [0.29, 0.717) is 19.6 Å². The number of aliphatic hydroxyl groups excluding tert-OH is 1. The molecular formula is C14H20O3. The molecule has 17 heavy (non-hydrogen) atoms. The largest absolute Gasteiger partial charge is 0.493 e. The lowest BCUT2D eigenvalue weighted by Gasteiger charge is -2.10. The van der Waals surface area contributed by atoms with Crippen LogP contribution in [-0.4, -0.2) is 24.9 Å². The highest BCUT2D eigenvalue weighted by molar-refractivity contribution is 5.46. The van der Waals surface area contributed by atoms with Crippen molar-refractivity contribution in [3.8, 4) is 5.75 Å². The van der Waals surface area contributed by atoms with Crippen LogP contribution in [0.5, 0.6) is 5.75 Å². The zero-order valence-corrected chi connectivity index (χ0v) is 10.4. The topological polar surface area (TPSA) is 38.7 Å². The fourth-order valence-electron chi connectivity index (χ4n) is 2.12. The van der Waals surface area contributed by atoms with Gasteiger partial charge in [-0.2, -0.15) is 0 Å². The van der Waals surface area contributed by atoms with Crippen molar-refractivity contribution in [1.29, 1.82) is 0 Å². The highest BCUT2D eigenvalue weighted by atomic mass is 16.5. The lowest BCUT2D eigenvalue weighted by Crippen LogP contribution is -2.01. The summed E-state index contributed by atoms with van der Waals surface area (Å²) in [7, 11) is 0. The smallest absolute Gasteiger partial charge is 0.123 e. The molecule has 94 valence electrons. The van der Waals surface area contributed by atoms with Gasteiger partial charge in [-0.15, -0.1) is 0 Å². The average Bonchev–Trinajstić information content (AvgIpc) is 2.82. The van der Waals surface area contributed by atoms with Gasteiger partial charge < -0.3 is 14.6 Å². The summed E-state index contributed by atoms with van der Waals surface area (Å²) in [6.07, 6.45) is 2.70. The highest BCUT2D eigenvalue weighted by Gasteiger charge is 2.17. The Labute approximate surface area is 102 Å². The van der Waals surface area contributed by atoms with Crippen LogP contribution in [0, 0.1) is 0 Å². The average molecular weight is 236 g/mol. The molecule has 1 heterocycles. The number of hydrogen-bond donors (Lipinski definition) is 1. The maximum atomic E-state index is 8.70. The van der Waals surface area contributed by atoms with Gasteiger partial charge in [0.05, 0.1) is 13.2 Å². The van der Waals surface area contributed by atoms with Gasteiger partial charge >= 0.3 is 0 Å². The summed E-state index contributed by atoms with van der Waals surface area (Å²) in [5.41, 5.74) is 3.84. The van der Waals surface area contributed by atoms with E-state index in [9.17, 15) is 0 Å². The summed E-state index contributed by atoms with van der Waals surface area (Å²) in [5, 5.41) is 8.70. The van der Waals surface area contributed by atoms with Gasteiger partial charge in [-0.3, -0.25) is 0 Å². The van der Waals surface area contributed by atoms with E-state index in [1.165, 1.54) is 16.7 Å². The van der Waals surface area contributed by atoms with Gasteiger partial charge in [0, 0.05) is 25.2 Å². The van der Waals surface area contributed by atoms with Crippen molar-refractivity contribution in [2.24, 2.45) is 0 Å². The quantitative estimate of drug-likeness (QED) is 0.769. The van der Waals surface area contributed by atoms with Gasteiger partial charge in [-0.1, -0.05) is 13.0 Å². The van der Waals surface area contributed by atoms with Gasteiger partial charge in [0.1, 0.15) is 5.75 Å². The molecule has 0 saturated heterocycles. The number of aliphatic hydroxyl groups is 1. The van der Waals surface area contributed by atoms with Crippen LogP contribution in [-0.2, 0) is 24.2 Å². The first-order valence-corrected chi connectivity index (χ1v) is 6.31. The molecular weight excluding hydrogens is 216 g/mol. The first-order valence-electron chi connectivity index (χ1n) is 6.31. The Balaban J connectivity index is 2.07. The summed E-state index contributed by atoms with van der Waals surface area (Å²) >= 11 is 0. The first-order chi connectivity index (χ1) is 8.35. The van der Waals surface area contributed by atoms with Gasteiger partial charge in [0.15, 0.2) is 0 Å². The lowest BCUT2D eigenvalue weighted by atomic mass is 10.0. The van der Waals surface area contributed by atoms with Crippen molar-refractivity contribution < 1.29 is 14.6 Å². The van der Waals surface area contributed by atoms with Crippen LogP contribution < -0.4 is 4.74 Å². The molecule has 1 aromatic carbocycles. The van der Waals surface area contributed by atoms with E-state index >= 15 is 0 Å². The fourth-order valence-corrected chi connectivity index (χ4v) is 2.12. The SMILES string of the molecule is CCc1cc(COCCCO)c2c(c1)OCC2. The molecule has 0 atom stereocenters. The van der Waals surface area contributed by atoms with E-state index < -0.39 is 0 Å². The third kappa shape index (κ3) is 2.99. The number of benzene rings is 1. The summed E-state index contributed by atoms with van der Waals surface area (Å²) in [4.78, 5) is 0. The third-order valence-electron chi connectivity index (χ3n) is 3.08. The van der Waals surface area contributed by atoms with Crippen molar-refractivity contribution in [2.75, 3.05) is 19.8 Å². The molecule has 1 aromatic rings. The van der Waals surface area contributed by atoms with Crippen molar-refractivity contribution in [2.45, 2.75) is 32.8 Å². The minimum absolute atomic E-state index is 0.191. The Morgan fingerprint density at radius 3 is 3.06 bits per heavy atom. The molecule has 2 rings (SSSR count). The monoisotopic (exact) mass is 236 g/mol. The van der Waals surface area contributed by atoms with Crippen LogP contribution in [0.1, 0.15) is 30.0 Å². The first kappa shape index (κ1) is 12.4. The second-order valence-electron chi connectivity index (χ2n) is 4.31. The van der Waals surface area contributed by atoms with Gasteiger partial charge in [0.25, 0.3) is 0 Å². The molecule has 0 unspecified atom stereocenters. The van der Waals surface area contributed by atoms with Gasteiger partial charge in [0.2, 0.25) is 0 Å². The van der Waals surface area contributed by atoms with Crippen LogP contribution in [0.25, 0.3) is 0 Å². The number of hydrogen-bond acceptors (Lipinski definition) is 3. The third-order valence-corrected chi connectivity index (χ3v) is 3.08. The molecule has 0 spiro atoms. The van der Waals surface area contributed by atoms with E-state index in [0.717, 1.165) is 25.2 Å². The predicted octanol–water partition coefficient (Wildman–Crippen LogP) is 2.08. The normalized spacial score (nSPS) is 13.5. The van der Waals surface area contributed by atoms with Crippen LogP contribution in [0.15, 0.2) is 12.1 Å². The van der Waals surface area contributed by atoms with Gasteiger partial charge in [-0.05, 0) is 30.0 Å². The van der Waals surface area contributed by atoms with Crippen molar-refractivity contribution >= 4 is 0 Å². The minimum Gasteiger partial charge on any atom is -0.493 e. The second kappa shape index (κ2) is 6.03. The zero-order valence-electron chi connectivity index (χ0n) is 10.4. The lowest BCUT2D eigenvalue weighted by molar-refractivity contribution is 0.104. The zero-order chi connectivity index (χ0) is 12.1. The molecule has 1 N–H and O–H groups in total. The maximum absolute atomic E-state index is 8.70. The highest BCUT2D eigenvalue weighted by Crippen LogP contribution is 2.30. The van der Waals surface area contributed by atoms with Crippen molar-refractivity contribution in [3.63, 3.8) is 0 Å². The summed E-state index contributed by atoms with van der Waals surface area (Å²) in [5.74, 6) is 1.03. The standard InChI is InChI=1S/C14H20O3/c1-2-11-8-12(10-16-6-3-5-15)13-4-7-17-14(13)9-11/h8-9,15H,2-7,10H2,1H3. The molecule has 0 bridgehead atoms. The number of fused-ring (bicyclic) bond motifs is 1. The van der Waals surface area contributed by atoms with Crippen LogP contribution in [0.3, 0.4) is 0 Å². The Hall–Kier alpha value is -1.06. The second-order valence-corrected chi connectivity index (χ2v) is 4.31. The number of rotatable bonds is 6. The molecule has 1 aliphatic rings. The molecule has 0 amide bonds. The van der Waals surface area contributed by atoms with Crippen LogP contribution in [0.2, 0.25) is 0 Å². The molecule has 0 radical (unpaired) electrons. The number of ether oxygens (including phenoxy) is 2. The van der Waals surface area contributed by atoms with Gasteiger partial charge in [-0.25, -0.2) is 0 Å². The molecule has 0 aromatic heterocycles. The summed E-state index contributed by atoms with van der Waals surface area (Å²) in [6, 6.07) is 4.35. The number of aryl methyl sites for hydroxylation is 1. The Kier molecular flexibility index (Phi) is 4.40. The summed E-state index contributed by atoms with van der Waals surface area (Å²) in [6.45, 7) is 4.36. The molecule has 0 aliphatic carbocycles. The van der Waals surface area contributed by atoms with E-state index in [1.807, 2.05) is 0 Å². The Bertz CT molecular complexity index is 374. The van der Waals surface area contributed by atoms with Crippen molar-refractivity contribution in [1.82, 2.24) is 0 Å². The van der Waals surface area contributed by atoms with Crippen LogP contribution >= 0.6 is 0 Å². The Morgan fingerprint density at radius 1 is 1.41 bits per heavy atom. The van der Waals surface area contributed by atoms with E-state index in [4.69, 9.17) is 14.6 Å². The molecule has 0 fully saturated rings. The maximum Gasteiger partial charge on any atom is 0.123 e. The molecule has 1 aliphatic heterocycles.